The molecular formula is C14H21NO3. The molecule has 6 atom stereocenters. The van der Waals surface area contributed by atoms with Crippen molar-refractivity contribution < 1.29 is 14.3 Å². The molecule has 3 aliphatic carbocycles. The summed E-state index contributed by atoms with van der Waals surface area (Å²) in [6, 6.07) is 0.0245. The van der Waals surface area contributed by atoms with Crippen molar-refractivity contribution in [3.8, 4) is 0 Å². The third-order valence-corrected chi connectivity index (χ3v) is 5.14. The second kappa shape index (κ2) is 4.25. The third kappa shape index (κ3) is 1.82. The number of hydrogen-bond donors (Lipinski definition) is 1. The molecule has 3 aliphatic rings. The van der Waals surface area contributed by atoms with Gasteiger partial charge in [-0.1, -0.05) is 6.92 Å². The van der Waals surface area contributed by atoms with Crippen molar-refractivity contribution in [3.05, 3.63) is 0 Å². The Morgan fingerprint density at radius 2 is 1.83 bits per heavy atom. The molecule has 3 saturated carbocycles. The van der Waals surface area contributed by atoms with Gasteiger partial charge in [0.25, 0.3) is 0 Å². The highest BCUT2D eigenvalue weighted by Gasteiger charge is 2.53. The van der Waals surface area contributed by atoms with Gasteiger partial charge in [-0.25, -0.2) is 0 Å². The first-order valence-corrected chi connectivity index (χ1v) is 7.00. The maximum Gasteiger partial charge on any atom is 0.311 e. The van der Waals surface area contributed by atoms with E-state index < -0.39 is 0 Å². The number of carbonyl (C=O) groups is 2. The van der Waals surface area contributed by atoms with Crippen LogP contribution in [0, 0.1) is 29.6 Å². The van der Waals surface area contributed by atoms with Crippen LogP contribution in [0.25, 0.3) is 0 Å². The number of nitrogens with one attached hydrogen (secondary N) is 1. The fourth-order valence-corrected chi connectivity index (χ4v) is 3.93. The zero-order chi connectivity index (χ0) is 12.9. The van der Waals surface area contributed by atoms with E-state index in [1.807, 2.05) is 0 Å². The van der Waals surface area contributed by atoms with Crippen LogP contribution in [0.15, 0.2) is 0 Å². The highest BCUT2D eigenvalue weighted by Crippen LogP contribution is 2.49. The maximum atomic E-state index is 12.0. The van der Waals surface area contributed by atoms with Crippen LogP contribution < -0.4 is 5.32 Å². The first kappa shape index (κ1) is 12.0. The number of methoxy groups -OCH3 is 1. The minimum absolute atomic E-state index is 0.0245. The first-order valence-electron chi connectivity index (χ1n) is 7.00. The van der Waals surface area contributed by atoms with E-state index in [9.17, 15) is 9.59 Å². The largest absolute Gasteiger partial charge is 0.469 e. The van der Waals surface area contributed by atoms with Gasteiger partial charge in [-0.3, -0.25) is 9.59 Å². The number of hydrogen-bond acceptors (Lipinski definition) is 3. The van der Waals surface area contributed by atoms with E-state index in [-0.39, 0.29) is 29.8 Å². The van der Waals surface area contributed by atoms with Gasteiger partial charge in [0.1, 0.15) is 0 Å². The molecule has 0 radical (unpaired) electrons. The molecule has 0 aromatic carbocycles. The molecule has 0 aliphatic heterocycles. The van der Waals surface area contributed by atoms with E-state index in [2.05, 4.69) is 12.2 Å². The standard InChI is InChI=1S/C14H21NO3/c1-7-5-10(7)13(16)15-12-9-4-3-8(6-9)11(12)14(17)18-2/h7-12H,3-6H2,1-2H3,(H,15,16)/t7-,8-,9-,10+,11+,12-/m0/s1. The molecule has 0 aromatic heterocycles. The summed E-state index contributed by atoms with van der Waals surface area (Å²) in [5, 5.41) is 3.13. The molecule has 0 heterocycles. The van der Waals surface area contributed by atoms with Gasteiger partial charge in [-0.2, -0.15) is 0 Å². The summed E-state index contributed by atoms with van der Waals surface area (Å²) in [6.07, 6.45) is 4.32. The zero-order valence-corrected chi connectivity index (χ0v) is 11.0. The Bertz CT molecular complexity index is 381. The number of carbonyl (C=O) groups excluding carboxylic acids is 2. The first-order chi connectivity index (χ1) is 8.61. The predicted octanol–water partition coefficient (Wildman–Crippen LogP) is 1.35. The van der Waals surface area contributed by atoms with Crippen molar-refractivity contribution in [2.24, 2.45) is 29.6 Å². The average molecular weight is 251 g/mol. The molecule has 100 valence electrons. The van der Waals surface area contributed by atoms with E-state index >= 15 is 0 Å². The summed E-state index contributed by atoms with van der Waals surface area (Å²) >= 11 is 0. The summed E-state index contributed by atoms with van der Waals surface area (Å²) < 4.78 is 4.91. The van der Waals surface area contributed by atoms with Crippen LogP contribution in [-0.2, 0) is 14.3 Å². The van der Waals surface area contributed by atoms with E-state index in [1.54, 1.807) is 0 Å². The minimum atomic E-state index is -0.142. The fourth-order valence-electron chi connectivity index (χ4n) is 3.93. The van der Waals surface area contributed by atoms with Gasteiger partial charge in [0.2, 0.25) is 5.91 Å². The number of ether oxygens (including phenoxy) is 1. The molecule has 0 unspecified atom stereocenters. The SMILES string of the molecule is COC(=O)[C@@H]1[C@H]2CC[C@@H](C2)[C@@H]1NC(=O)[C@@H]1C[C@@H]1C. The van der Waals surface area contributed by atoms with E-state index in [0.717, 1.165) is 25.7 Å². The van der Waals surface area contributed by atoms with E-state index in [0.29, 0.717) is 17.8 Å². The van der Waals surface area contributed by atoms with Crippen LogP contribution >= 0.6 is 0 Å². The van der Waals surface area contributed by atoms with Gasteiger partial charge >= 0.3 is 5.97 Å². The molecule has 2 bridgehead atoms. The summed E-state index contributed by atoms with van der Waals surface area (Å²) in [7, 11) is 1.44. The number of esters is 1. The van der Waals surface area contributed by atoms with E-state index in [1.165, 1.54) is 7.11 Å². The monoisotopic (exact) mass is 251 g/mol. The topological polar surface area (TPSA) is 55.4 Å². The third-order valence-electron chi connectivity index (χ3n) is 5.14. The van der Waals surface area contributed by atoms with Gasteiger partial charge in [0.15, 0.2) is 0 Å². The highest BCUT2D eigenvalue weighted by molar-refractivity contribution is 5.83. The lowest BCUT2D eigenvalue weighted by molar-refractivity contribution is -0.148. The van der Waals surface area contributed by atoms with Gasteiger partial charge in [-0.15, -0.1) is 0 Å². The van der Waals surface area contributed by atoms with Crippen LogP contribution in [0.4, 0.5) is 0 Å². The second-order valence-corrected chi connectivity index (χ2v) is 6.24. The minimum Gasteiger partial charge on any atom is -0.469 e. The lowest BCUT2D eigenvalue weighted by Gasteiger charge is -2.29. The van der Waals surface area contributed by atoms with E-state index in [4.69, 9.17) is 4.74 Å². The molecular weight excluding hydrogens is 230 g/mol. The van der Waals surface area contributed by atoms with Crippen LogP contribution in [-0.4, -0.2) is 25.0 Å². The predicted molar refractivity (Wildman–Crippen MR) is 65.5 cm³/mol. The molecule has 0 aromatic rings. The lowest BCUT2D eigenvalue weighted by Crippen LogP contribution is -2.47. The molecule has 1 amide bonds. The quantitative estimate of drug-likeness (QED) is 0.770. The molecule has 4 heteroatoms. The van der Waals surface area contributed by atoms with Gasteiger partial charge in [-0.05, 0) is 43.4 Å². The Hall–Kier alpha value is -1.06. The Balaban J connectivity index is 1.69. The van der Waals surface area contributed by atoms with Crippen molar-refractivity contribution in [1.82, 2.24) is 5.32 Å². The summed E-state index contributed by atoms with van der Waals surface area (Å²) in [6.45, 7) is 2.10. The van der Waals surface area contributed by atoms with Crippen molar-refractivity contribution >= 4 is 11.9 Å². The molecule has 0 spiro atoms. The van der Waals surface area contributed by atoms with Crippen molar-refractivity contribution in [3.63, 3.8) is 0 Å². The van der Waals surface area contributed by atoms with Crippen molar-refractivity contribution in [2.45, 2.75) is 38.6 Å². The van der Waals surface area contributed by atoms with Crippen molar-refractivity contribution in [1.29, 1.82) is 0 Å². The summed E-state index contributed by atoms with van der Waals surface area (Å²) in [4.78, 5) is 23.9. The Morgan fingerprint density at radius 1 is 1.17 bits per heavy atom. The lowest BCUT2D eigenvalue weighted by atomic mass is 9.84. The van der Waals surface area contributed by atoms with Gasteiger partial charge in [0.05, 0.1) is 13.0 Å². The van der Waals surface area contributed by atoms with Crippen LogP contribution in [0.2, 0.25) is 0 Å². The number of amides is 1. The molecule has 3 fully saturated rings. The summed E-state index contributed by atoms with van der Waals surface area (Å²) in [5.41, 5.74) is 0. The number of rotatable bonds is 3. The van der Waals surface area contributed by atoms with Gasteiger partial charge < -0.3 is 10.1 Å². The molecule has 1 N–H and O–H groups in total. The summed E-state index contributed by atoms with van der Waals surface area (Å²) in [5.74, 6) is 1.50. The zero-order valence-electron chi connectivity index (χ0n) is 11.0. The maximum absolute atomic E-state index is 12.0. The van der Waals surface area contributed by atoms with Crippen LogP contribution in [0.3, 0.4) is 0 Å². The normalized spacial score (nSPS) is 44.8. The Kier molecular flexibility index (Phi) is 2.83. The Morgan fingerprint density at radius 3 is 2.44 bits per heavy atom. The molecule has 4 nitrogen and oxygen atoms in total. The van der Waals surface area contributed by atoms with Crippen molar-refractivity contribution in [2.75, 3.05) is 7.11 Å². The average Bonchev–Trinajstić information content (AvgIpc) is 2.80. The smallest absolute Gasteiger partial charge is 0.311 e. The molecule has 18 heavy (non-hydrogen) atoms. The second-order valence-electron chi connectivity index (χ2n) is 6.24. The fraction of sp³-hybridized carbons (Fsp3) is 0.857. The highest BCUT2D eigenvalue weighted by atomic mass is 16.5. The van der Waals surface area contributed by atoms with Crippen LogP contribution in [0.5, 0.6) is 0 Å². The molecule has 3 rings (SSSR count). The number of fused-ring (bicyclic) bond motifs is 2. The Labute approximate surface area is 107 Å². The molecule has 0 saturated heterocycles. The van der Waals surface area contributed by atoms with Gasteiger partial charge in [0, 0.05) is 12.0 Å². The van der Waals surface area contributed by atoms with Crippen LogP contribution in [0.1, 0.15) is 32.6 Å².